The van der Waals surface area contributed by atoms with Gasteiger partial charge in [-0.2, -0.15) is 0 Å². The smallest absolute Gasteiger partial charge is 0.255 e. The molecule has 0 saturated carbocycles. The zero-order valence-electron chi connectivity index (χ0n) is 8.95. The van der Waals surface area contributed by atoms with Crippen molar-refractivity contribution in [1.29, 1.82) is 0 Å². The van der Waals surface area contributed by atoms with Crippen LogP contribution < -0.4 is 5.32 Å². The van der Waals surface area contributed by atoms with E-state index in [4.69, 9.17) is 0 Å². The molecule has 1 aromatic carbocycles. The first-order valence-electron chi connectivity index (χ1n) is 5.22. The number of fused-ring (bicyclic) bond motifs is 1. The minimum Gasteiger partial charge on any atom is -0.507 e. The summed E-state index contributed by atoms with van der Waals surface area (Å²) < 4.78 is 0. The molecule has 1 heterocycles. The SMILES string of the molecule is CC(C)CC1NC(=O)c2c(O)cccc21. The Hall–Kier alpha value is -1.51. The van der Waals surface area contributed by atoms with Gasteiger partial charge >= 0.3 is 0 Å². The lowest BCUT2D eigenvalue weighted by Gasteiger charge is -2.13. The largest absolute Gasteiger partial charge is 0.507 e. The number of rotatable bonds is 2. The molecule has 0 fully saturated rings. The maximum absolute atomic E-state index is 11.6. The fourth-order valence-electron chi connectivity index (χ4n) is 2.06. The van der Waals surface area contributed by atoms with E-state index >= 15 is 0 Å². The zero-order chi connectivity index (χ0) is 11.0. The van der Waals surface area contributed by atoms with Gasteiger partial charge in [0.25, 0.3) is 5.91 Å². The molecule has 3 nitrogen and oxygen atoms in total. The molecule has 0 bridgehead atoms. The summed E-state index contributed by atoms with van der Waals surface area (Å²) in [6.07, 6.45) is 0.905. The van der Waals surface area contributed by atoms with Crippen LogP contribution in [0.1, 0.15) is 42.2 Å². The summed E-state index contributed by atoms with van der Waals surface area (Å²) in [7, 11) is 0. The van der Waals surface area contributed by atoms with Crippen LogP contribution in [0.25, 0.3) is 0 Å². The lowest BCUT2D eigenvalue weighted by molar-refractivity contribution is 0.0951. The van der Waals surface area contributed by atoms with E-state index in [9.17, 15) is 9.90 Å². The third kappa shape index (κ3) is 1.69. The Labute approximate surface area is 89.1 Å². The van der Waals surface area contributed by atoms with Gasteiger partial charge < -0.3 is 10.4 Å². The highest BCUT2D eigenvalue weighted by Gasteiger charge is 2.30. The Morgan fingerprint density at radius 1 is 1.47 bits per heavy atom. The molecule has 1 amide bonds. The summed E-state index contributed by atoms with van der Waals surface area (Å²) in [5.41, 5.74) is 1.37. The molecule has 0 saturated heterocycles. The van der Waals surface area contributed by atoms with Crippen molar-refractivity contribution in [3.05, 3.63) is 29.3 Å². The van der Waals surface area contributed by atoms with Gasteiger partial charge in [-0.25, -0.2) is 0 Å². The fourth-order valence-corrected chi connectivity index (χ4v) is 2.06. The van der Waals surface area contributed by atoms with Crippen molar-refractivity contribution in [3.8, 4) is 5.75 Å². The standard InChI is InChI=1S/C12H15NO2/c1-7(2)6-9-8-4-3-5-10(14)11(8)12(15)13-9/h3-5,7,9,14H,6H2,1-2H3,(H,13,15). The fraction of sp³-hybridized carbons (Fsp3) is 0.417. The van der Waals surface area contributed by atoms with E-state index in [1.165, 1.54) is 0 Å². The van der Waals surface area contributed by atoms with Gasteiger partial charge in [0.05, 0.1) is 11.6 Å². The van der Waals surface area contributed by atoms with Crippen LogP contribution in [-0.4, -0.2) is 11.0 Å². The summed E-state index contributed by atoms with van der Waals surface area (Å²) >= 11 is 0. The summed E-state index contributed by atoms with van der Waals surface area (Å²) in [5, 5.41) is 12.5. The Morgan fingerprint density at radius 2 is 2.20 bits per heavy atom. The minimum atomic E-state index is -0.159. The van der Waals surface area contributed by atoms with Gasteiger partial charge in [0, 0.05) is 0 Å². The summed E-state index contributed by atoms with van der Waals surface area (Å²) in [5.74, 6) is 0.439. The molecule has 0 spiro atoms. The van der Waals surface area contributed by atoms with Crippen LogP contribution in [0, 0.1) is 5.92 Å². The van der Waals surface area contributed by atoms with Crippen LogP contribution in [0.4, 0.5) is 0 Å². The first kappa shape index (κ1) is 10.0. The highest BCUT2D eigenvalue weighted by Crippen LogP contribution is 2.34. The highest BCUT2D eigenvalue weighted by molar-refractivity contribution is 6.01. The van der Waals surface area contributed by atoms with Gasteiger partial charge in [0.1, 0.15) is 5.75 Å². The summed E-state index contributed by atoms with van der Waals surface area (Å²) in [6.45, 7) is 4.24. The first-order valence-corrected chi connectivity index (χ1v) is 5.22. The molecular formula is C12H15NO2. The first-order chi connectivity index (χ1) is 7.09. The Kier molecular flexibility index (Phi) is 2.39. The lowest BCUT2D eigenvalue weighted by atomic mass is 9.97. The van der Waals surface area contributed by atoms with E-state index in [-0.39, 0.29) is 17.7 Å². The summed E-state index contributed by atoms with van der Waals surface area (Å²) in [4.78, 5) is 11.6. The van der Waals surface area contributed by atoms with E-state index in [2.05, 4.69) is 19.2 Å². The molecule has 0 radical (unpaired) electrons. The van der Waals surface area contributed by atoms with Crippen molar-refractivity contribution in [2.45, 2.75) is 26.3 Å². The molecular weight excluding hydrogens is 190 g/mol. The van der Waals surface area contributed by atoms with E-state index < -0.39 is 0 Å². The molecule has 3 heteroatoms. The molecule has 80 valence electrons. The molecule has 15 heavy (non-hydrogen) atoms. The topological polar surface area (TPSA) is 49.3 Å². The van der Waals surface area contributed by atoms with Gasteiger partial charge in [-0.05, 0) is 24.0 Å². The number of nitrogens with one attached hydrogen (secondary N) is 1. The van der Waals surface area contributed by atoms with E-state index in [0.717, 1.165) is 12.0 Å². The maximum Gasteiger partial charge on any atom is 0.255 e. The van der Waals surface area contributed by atoms with Crippen molar-refractivity contribution in [2.24, 2.45) is 5.92 Å². The summed E-state index contributed by atoms with van der Waals surface area (Å²) in [6, 6.07) is 5.29. The van der Waals surface area contributed by atoms with Crippen molar-refractivity contribution < 1.29 is 9.90 Å². The molecule has 1 aliphatic rings. The van der Waals surface area contributed by atoms with E-state index in [0.29, 0.717) is 11.5 Å². The third-order valence-corrected chi connectivity index (χ3v) is 2.69. The maximum atomic E-state index is 11.6. The Balaban J connectivity index is 2.38. The number of benzene rings is 1. The van der Waals surface area contributed by atoms with Gasteiger partial charge in [0.2, 0.25) is 0 Å². The number of aromatic hydroxyl groups is 1. The quantitative estimate of drug-likeness (QED) is 0.777. The number of phenols is 1. The molecule has 2 N–H and O–H groups in total. The third-order valence-electron chi connectivity index (χ3n) is 2.69. The van der Waals surface area contributed by atoms with Gasteiger partial charge in [0.15, 0.2) is 0 Å². The predicted molar refractivity (Wildman–Crippen MR) is 57.8 cm³/mol. The van der Waals surface area contributed by atoms with Crippen LogP contribution in [0.15, 0.2) is 18.2 Å². The van der Waals surface area contributed by atoms with Crippen molar-refractivity contribution >= 4 is 5.91 Å². The normalized spacial score (nSPS) is 19.1. The van der Waals surface area contributed by atoms with Crippen LogP contribution in [-0.2, 0) is 0 Å². The van der Waals surface area contributed by atoms with Crippen LogP contribution in [0.5, 0.6) is 5.75 Å². The van der Waals surface area contributed by atoms with Crippen molar-refractivity contribution in [1.82, 2.24) is 5.32 Å². The Morgan fingerprint density at radius 3 is 2.87 bits per heavy atom. The number of amides is 1. The lowest BCUT2D eigenvalue weighted by Crippen LogP contribution is -2.20. The minimum absolute atomic E-state index is 0.0552. The van der Waals surface area contributed by atoms with E-state index in [1.807, 2.05) is 6.07 Å². The molecule has 0 aliphatic carbocycles. The second-order valence-corrected chi connectivity index (χ2v) is 4.40. The number of hydrogen-bond donors (Lipinski definition) is 2. The predicted octanol–water partition coefficient (Wildman–Crippen LogP) is 2.22. The van der Waals surface area contributed by atoms with Gasteiger partial charge in [-0.15, -0.1) is 0 Å². The number of carbonyl (C=O) groups is 1. The molecule has 1 aromatic rings. The van der Waals surface area contributed by atoms with Gasteiger partial charge in [-0.1, -0.05) is 26.0 Å². The van der Waals surface area contributed by atoms with E-state index in [1.54, 1.807) is 12.1 Å². The highest BCUT2D eigenvalue weighted by atomic mass is 16.3. The van der Waals surface area contributed by atoms with Crippen LogP contribution in [0.2, 0.25) is 0 Å². The van der Waals surface area contributed by atoms with Crippen LogP contribution >= 0.6 is 0 Å². The van der Waals surface area contributed by atoms with Gasteiger partial charge in [-0.3, -0.25) is 4.79 Å². The second kappa shape index (κ2) is 3.57. The molecule has 1 atom stereocenters. The zero-order valence-corrected chi connectivity index (χ0v) is 8.95. The Bertz CT molecular complexity index is 399. The number of hydrogen-bond acceptors (Lipinski definition) is 2. The number of carbonyl (C=O) groups excluding carboxylic acids is 1. The average molecular weight is 205 g/mol. The molecule has 2 rings (SSSR count). The second-order valence-electron chi connectivity index (χ2n) is 4.40. The average Bonchev–Trinajstić information content (AvgIpc) is 2.44. The monoisotopic (exact) mass is 205 g/mol. The van der Waals surface area contributed by atoms with Crippen molar-refractivity contribution in [3.63, 3.8) is 0 Å². The molecule has 1 unspecified atom stereocenters. The number of phenolic OH excluding ortho intramolecular Hbond substituents is 1. The molecule has 1 aliphatic heterocycles. The molecule has 0 aromatic heterocycles. The van der Waals surface area contributed by atoms with Crippen LogP contribution in [0.3, 0.4) is 0 Å². The van der Waals surface area contributed by atoms with Crippen molar-refractivity contribution in [2.75, 3.05) is 0 Å².